The van der Waals surface area contributed by atoms with Gasteiger partial charge in [0, 0.05) is 0 Å². The minimum Gasteiger partial charge on any atom is -0.494 e. The lowest BCUT2D eigenvalue weighted by atomic mass is 9.99. The van der Waals surface area contributed by atoms with E-state index in [1.54, 1.807) is 14.2 Å². The maximum atomic E-state index is 5.51. The average molecular weight is 334 g/mol. The molecule has 0 N–H and O–H groups in total. The molecule has 0 aromatic heterocycles. The Bertz CT molecular complexity index is 838. The van der Waals surface area contributed by atoms with Gasteiger partial charge in [0.25, 0.3) is 0 Å². The molecular weight excluding hydrogens is 312 g/mol. The molecule has 0 spiro atoms. The molecule has 3 aromatic rings. The second-order valence-electron chi connectivity index (χ2n) is 5.61. The molecule has 0 unspecified atom stereocenters. The molecule has 3 aromatic carbocycles. The number of ether oxygens (including phenoxy) is 3. The third kappa shape index (κ3) is 3.77. The van der Waals surface area contributed by atoms with E-state index in [0.717, 1.165) is 39.5 Å². The Kier molecular flexibility index (Phi) is 5.24. The van der Waals surface area contributed by atoms with Gasteiger partial charge in [0.1, 0.15) is 5.75 Å². The van der Waals surface area contributed by atoms with Crippen LogP contribution in [0.1, 0.15) is 6.92 Å². The van der Waals surface area contributed by atoms with E-state index in [9.17, 15) is 0 Å². The SMILES string of the molecule is CCOc1ccc(-c2cccc(-c3ccc(OC)c(OC)c3)c2)cc1. The highest BCUT2D eigenvalue weighted by Crippen LogP contribution is 2.34. The molecule has 0 saturated heterocycles. The van der Waals surface area contributed by atoms with Crippen molar-refractivity contribution < 1.29 is 14.2 Å². The Balaban J connectivity index is 1.93. The molecule has 0 aliphatic rings. The molecule has 0 radical (unpaired) electrons. The van der Waals surface area contributed by atoms with E-state index in [-0.39, 0.29) is 0 Å². The quantitative estimate of drug-likeness (QED) is 0.601. The molecule has 128 valence electrons. The van der Waals surface area contributed by atoms with Gasteiger partial charge in [-0.05, 0) is 59.5 Å². The van der Waals surface area contributed by atoms with Crippen LogP contribution >= 0.6 is 0 Å². The Labute approximate surface area is 148 Å². The molecule has 0 heterocycles. The molecule has 0 bridgehead atoms. The predicted octanol–water partition coefficient (Wildman–Crippen LogP) is 5.44. The molecule has 0 aliphatic heterocycles. The molecule has 3 heteroatoms. The molecule has 25 heavy (non-hydrogen) atoms. The molecule has 0 amide bonds. The third-order valence-electron chi connectivity index (χ3n) is 4.08. The van der Waals surface area contributed by atoms with Gasteiger partial charge in [-0.1, -0.05) is 36.4 Å². The van der Waals surface area contributed by atoms with E-state index >= 15 is 0 Å². The minimum atomic E-state index is 0.675. The number of hydrogen-bond donors (Lipinski definition) is 0. The van der Waals surface area contributed by atoms with Gasteiger partial charge in [-0.3, -0.25) is 0 Å². The fourth-order valence-electron chi connectivity index (χ4n) is 2.80. The smallest absolute Gasteiger partial charge is 0.161 e. The van der Waals surface area contributed by atoms with Crippen molar-refractivity contribution in [3.8, 4) is 39.5 Å². The summed E-state index contributed by atoms with van der Waals surface area (Å²) in [5.74, 6) is 2.35. The van der Waals surface area contributed by atoms with Gasteiger partial charge in [-0.15, -0.1) is 0 Å². The predicted molar refractivity (Wildman–Crippen MR) is 102 cm³/mol. The van der Waals surface area contributed by atoms with Crippen molar-refractivity contribution in [2.45, 2.75) is 6.92 Å². The van der Waals surface area contributed by atoms with E-state index in [1.807, 2.05) is 37.3 Å². The second-order valence-corrected chi connectivity index (χ2v) is 5.61. The second kappa shape index (κ2) is 7.75. The van der Waals surface area contributed by atoms with Crippen LogP contribution in [0.15, 0.2) is 66.7 Å². The van der Waals surface area contributed by atoms with Crippen LogP contribution in [-0.2, 0) is 0 Å². The zero-order chi connectivity index (χ0) is 17.6. The summed E-state index contributed by atoms with van der Waals surface area (Å²) < 4.78 is 16.2. The summed E-state index contributed by atoms with van der Waals surface area (Å²) in [6.07, 6.45) is 0. The first-order chi connectivity index (χ1) is 12.2. The van der Waals surface area contributed by atoms with Crippen LogP contribution in [-0.4, -0.2) is 20.8 Å². The number of benzene rings is 3. The van der Waals surface area contributed by atoms with Crippen molar-refractivity contribution in [3.63, 3.8) is 0 Å². The fourth-order valence-corrected chi connectivity index (χ4v) is 2.80. The van der Waals surface area contributed by atoms with Gasteiger partial charge in [-0.25, -0.2) is 0 Å². The van der Waals surface area contributed by atoms with Crippen LogP contribution in [0.25, 0.3) is 22.3 Å². The van der Waals surface area contributed by atoms with Gasteiger partial charge >= 0.3 is 0 Å². The van der Waals surface area contributed by atoms with Crippen molar-refractivity contribution in [3.05, 3.63) is 66.7 Å². The summed E-state index contributed by atoms with van der Waals surface area (Å²) in [7, 11) is 3.29. The maximum absolute atomic E-state index is 5.51. The first-order valence-corrected chi connectivity index (χ1v) is 8.31. The van der Waals surface area contributed by atoms with E-state index in [0.29, 0.717) is 6.61 Å². The van der Waals surface area contributed by atoms with E-state index in [1.165, 1.54) is 0 Å². The molecule has 0 saturated carbocycles. The molecular formula is C22H22O3. The Morgan fingerprint density at radius 1 is 0.640 bits per heavy atom. The van der Waals surface area contributed by atoms with Crippen LogP contribution in [0.3, 0.4) is 0 Å². The van der Waals surface area contributed by atoms with Crippen molar-refractivity contribution in [2.24, 2.45) is 0 Å². The first-order valence-electron chi connectivity index (χ1n) is 8.31. The van der Waals surface area contributed by atoms with E-state index < -0.39 is 0 Å². The highest BCUT2D eigenvalue weighted by atomic mass is 16.5. The van der Waals surface area contributed by atoms with Gasteiger partial charge in [-0.2, -0.15) is 0 Å². The molecule has 0 fully saturated rings. The summed E-state index contributed by atoms with van der Waals surface area (Å²) in [4.78, 5) is 0. The lowest BCUT2D eigenvalue weighted by molar-refractivity contribution is 0.340. The van der Waals surface area contributed by atoms with Crippen molar-refractivity contribution in [1.82, 2.24) is 0 Å². The lowest BCUT2D eigenvalue weighted by Gasteiger charge is -2.11. The largest absolute Gasteiger partial charge is 0.494 e. The topological polar surface area (TPSA) is 27.7 Å². The summed E-state index contributed by atoms with van der Waals surface area (Å²) in [6, 6.07) is 22.6. The first kappa shape index (κ1) is 16.9. The summed E-state index contributed by atoms with van der Waals surface area (Å²) in [5.41, 5.74) is 4.54. The van der Waals surface area contributed by atoms with Crippen molar-refractivity contribution >= 4 is 0 Å². The molecule has 0 atom stereocenters. The zero-order valence-corrected chi connectivity index (χ0v) is 14.8. The molecule has 3 nitrogen and oxygen atoms in total. The third-order valence-corrected chi connectivity index (χ3v) is 4.08. The minimum absolute atomic E-state index is 0.675. The normalized spacial score (nSPS) is 10.4. The van der Waals surface area contributed by atoms with Crippen LogP contribution < -0.4 is 14.2 Å². The molecule has 0 aliphatic carbocycles. The Morgan fingerprint density at radius 2 is 1.24 bits per heavy atom. The Morgan fingerprint density at radius 3 is 1.88 bits per heavy atom. The molecule has 3 rings (SSSR count). The fraction of sp³-hybridized carbons (Fsp3) is 0.182. The summed E-state index contributed by atoms with van der Waals surface area (Å²) in [6.45, 7) is 2.66. The van der Waals surface area contributed by atoms with Gasteiger partial charge in [0.2, 0.25) is 0 Å². The monoisotopic (exact) mass is 334 g/mol. The maximum Gasteiger partial charge on any atom is 0.161 e. The van der Waals surface area contributed by atoms with Gasteiger partial charge in [0.15, 0.2) is 11.5 Å². The Hall–Kier alpha value is -2.94. The van der Waals surface area contributed by atoms with Gasteiger partial charge in [0.05, 0.1) is 20.8 Å². The van der Waals surface area contributed by atoms with Crippen LogP contribution in [0.5, 0.6) is 17.2 Å². The van der Waals surface area contributed by atoms with Crippen LogP contribution in [0.4, 0.5) is 0 Å². The highest BCUT2D eigenvalue weighted by Gasteiger charge is 2.07. The van der Waals surface area contributed by atoms with Crippen LogP contribution in [0.2, 0.25) is 0 Å². The van der Waals surface area contributed by atoms with Crippen LogP contribution in [0, 0.1) is 0 Å². The standard InChI is InChI=1S/C22H22O3/c1-4-25-20-11-8-16(9-12-20)17-6-5-7-18(14-17)19-10-13-21(23-2)22(15-19)24-3/h5-15H,4H2,1-3H3. The zero-order valence-electron chi connectivity index (χ0n) is 14.8. The number of rotatable bonds is 6. The number of hydrogen-bond acceptors (Lipinski definition) is 3. The lowest BCUT2D eigenvalue weighted by Crippen LogP contribution is -1.91. The summed E-state index contributed by atoms with van der Waals surface area (Å²) in [5, 5.41) is 0. The van der Waals surface area contributed by atoms with E-state index in [4.69, 9.17) is 14.2 Å². The van der Waals surface area contributed by atoms with Crippen molar-refractivity contribution in [2.75, 3.05) is 20.8 Å². The van der Waals surface area contributed by atoms with Gasteiger partial charge < -0.3 is 14.2 Å². The number of methoxy groups -OCH3 is 2. The summed E-state index contributed by atoms with van der Waals surface area (Å²) >= 11 is 0. The van der Waals surface area contributed by atoms with Crippen molar-refractivity contribution in [1.29, 1.82) is 0 Å². The van der Waals surface area contributed by atoms with E-state index in [2.05, 4.69) is 36.4 Å². The highest BCUT2D eigenvalue weighted by molar-refractivity contribution is 5.74. The average Bonchev–Trinajstić information content (AvgIpc) is 2.68.